The van der Waals surface area contributed by atoms with Gasteiger partial charge in [-0.15, -0.1) is 0 Å². The summed E-state index contributed by atoms with van der Waals surface area (Å²) in [4.78, 5) is 13.8. The van der Waals surface area contributed by atoms with Gasteiger partial charge in [0.2, 0.25) is 0 Å². The van der Waals surface area contributed by atoms with Crippen molar-refractivity contribution < 1.29 is 14.3 Å². The number of hydrazone groups is 1. The van der Waals surface area contributed by atoms with Crippen LogP contribution >= 0.6 is 11.6 Å². The number of carbonyl (C=O) groups is 1. The summed E-state index contributed by atoms with van der Waals surface area (Å²) in [5.41, 5.74) is 4.55. The molecule has 0 aromatic heterocycles. The molecule has 3 aromatic rings. The number of benzene rings is 3. The Hall–Kier alpha value is -3.57. The molecule has 0 N–H and O–H groups in total. The van der Waals surface area contributed by atoms with E-state index in [1.54, 1.807) is 43.5 Å². The van der Waals surface area contributed by atoms with E-state index < -0.39 is 0 Å². The zero-order valence-corrected chi connectivity index (χ0v) is 20.5. The number of para-hydroxylation sites is 2. The van der Waals surface area contributed by atoms with Crippen LogP contribution in [0.4, 0.5) is 0 Å². The first kappa shape index (κ1) is 23.2. The number of amides is 1. The number of rotatable bonds is 5. The monoisotopic (exact) mass is 486 g/mol. The Morgan fingerprint density at radius 1 is 1.00 bits per heavy atom. The summed E-state index contributed by atoms with van der Waals surface area (Å²) in [5.74, 6) is 1.44. The Morgan fingerprint density at radius 2 is 1.74 bits per heavy atom. The van der Waals surface area contributed by atoms with E-state index in [9.17, 15) is 4.79 Å². The van der Waals surface area contributed by atoms with E-state index in [0.717, 1.165) is 53.2 Å². The van der Waals surface area contributed by atoms with Crippen molar-refractivity contribution in [2.75, 3.05) is 14.2 Å². The summed E-state index contributed by atoms with van der Waals surface area (Å²) in [5, 5.41) is 7.12. The Labute approximate surface area is 210 Å². The third-order valence-corrected chi connectivity index (χ3v) is 6.94. The fourth-order valence-corrected chi connectivity index (χ4v) is 5.30. The van der Waals surface area contributed by atoms with Crippen LogP contribution in [-0.2, 0) is 0 Å². The average molecular weight is 487 g/mol. The van der Waals surface area contributed by atoms with Gasteiger partial charge in [-0.2, -0.15) is 5.10 Å². The van der Waals surface area contributed by atoms with Crippen LogP contribution in [-0.4, -0.2) is 30.8 Å². The van der Waals surface area contributed by atoms with Crippen LogP contribution in [0.1, 0.15) is 46.8 Å². The Bertz CT molecular complexity index is 1320. The minimum atomic E-state index is -0.269. The minimum Gasteiger partial charge on any atom is -0.496 e. The fourth-order valence-electron chi connectivity index (χ4n) is 5.11. The lowest BCUT2D eigenvalue weighted by Gasteiger charge is -2.30. The van der Waals surface area contributed by atoms with E-state index >= 15 is 0 Å². The Balaban J connectivity index is 1.62. The van der Waals surface area contributed by atoms with Gasteiger partial charge in [-0.05, 0) is 61.2 Å². The van der Waals surface area contributed by atoms with Crippen LogP contribution in [0.3, 0.4) is 0 Å². The second kappa shape index (κ2) is 9.96. The van der Waals surface area contributed by atoms with Crippen molar-refractivity contribution in [2.24, 2.45) is 11.0 Å². The third-order valence-electron chi connectivity index (χ3n) is 6.71. The molecular weight excluding hydrogens is 460 g/mol. The molecule has 1 aliphatic carbocycles. The maximum atomic E-state index is 13.8. The number of ether oxygens (including phenoxy) is 2. The molecule has 1 heterocycles. The van der Waals surface area contributed by atoms with Crippen molar-refractivity contribution in [3.05, 3.63) is 100 Å². The van der Waals surface area contributed by atoms with Gasteiger partial charge in [-0.1, -0.05) is 54.1 Å². The number of nitrogens with zero attached hydrogens (tertiary/aromatic N) is 2. The first-order chi connectivity index (χ1) is 17.1. The average Bonchev–Trinajstić information content (AvgIpc) is 3.29. The van der Waals surface area contributed by atoms with Crippen LogP contribution in [0.5, 0.6) is 11.5 Å². The number of methoxy groups -OCH3 is 2. The number of allylic oxidation sites excluding steroid dienone is 1. The highest BCUT2D eigenvalue weighted by Gasteiger charge is 2.45. The predicted molar refractivity (Wildman–Crippen MR) is 139 cm³/mol. The van der Waals surface area contributed by atoms with Crippen molar-refractivity contribution in [1.82, 2.24) is 5.01 Å². The molecule has 2 atom stereocenters. The Morgan fingerprint density at radius 3 is 2.51 bits per heavy atom. The number of hydrogen-bond donors (Lipinski definition) is 0. The molecule has 1 saturated carbocycles. The molecule has 35 heavy (non-hydrogen) atoms. The van der Waals surface area contributed by atoms with Crippen molar-refractivity contribution in [3.8, 4) is 11.5 Å². The van der Waals surface area contributed by atoms with Gasteiger partial charge in [0.15, 0.2) is 0 Å². The summed E-state index contributed by atoms with van der Waals surface area (Å²) in [6, 6.07) is 22.6. The van der Waals surface area contributed by atoms with Gasteiger partial charge < -0.3 is 9.47 Å². The smallest absolute Gasteiger partial charge is 0.274 e. The maximum Gasteiger partial charge on any atom is 0.274 e. The summed E-state index contributed by atoms with van der Waals surface area (Å²) in [7, 11) is 3.34. The summed E-state index contributed by atoms with van der Waals surface area (Å²) in [6.07, 6.45) is 4.99. The number of hydrogen-bond acceptors (Lipinski definition) is 4. The summed E-state index contributed by atoms with van der Waals surface area (Å²) in [6.45, 7) is 0. The molecule has 6 heteroatoms. The molecule has 2 aliphatic rings. The maximum absolute atomic E-state index is 13.8. The van der Waals surface area contributed by atoms with Gasteiger partial charge in [-0.25, -0.2) is 5.01 Å². The first-order valence-electron chi connectivity index (χ1n) is 11.7. The second-order valence-corrected chi connectivity index (χ2v) is 9.18. The molecule has 0 unspecified atom stereocenters. The van der Waals surface area contributed by atoms with E-state index in [2.05, 4.69) is 6.08 Å². The third kappa shape index (κ3) is 4.44. The molecule has 0 saturated heterocycles. The highest BCUT2D eigenvalue weighted by molar-refractivity contribution is 6.31. The lowest BCUT2D eigenvalue weighted by Crippen LogP contribution is -2.32. The molecule has 5 nitrogen and oxygen atoms in total. The normalized spacial score (nSPS) is 20.4. The minimum absolute atomic E-state index is 0.0594. The zero-order valence-electron chi connectivity index (χ0n) is 19.8. The van der Waals surface area contributed by atoms with Crippen LogP contribution in [0, 0.1) is 5.92 Å². The molecule has 3 aromatic carbocycles. The van der Waals surface area contributed by atoms with Gasteiger partial charge >= 0.3 is 0 Å². The van der Waals surface area contributed by atoms with Crippen LogP contribution in [0.15, 0.2) is 83.5 Å². The second-order valence-electron chi connectivity index (χ2n) is 8.74. The molecule has 1 aliphatic heterocycles. The van der Waals surface area contributed by atoms with Crippen molar-refractivity contribution >= 4 is 29.3 Å². The molecule has 0 spiro atoms. The molecule has 5 rings (SSSR count). The van der Waals surface area contributed by atoms with Gasteiger partial charge in [-0.3, -0.25) is 4.79 Å². The topological polar surface area (TPSA) is 51.1 Å². The van der Waals surface area contributed by atoms with Crippen molar-refractivity contribution in [3.63, 3.8) is 0 Å². The first-order valence-corrected chi connectivity index (χ1v) is 12.1. The van der Waals surface area contributed by atoms with Crippen LogP contribution in [0.25, 0.3) is 6.08 Å². The number of carbonyl (C=O) groups excluding carboxylic acids is 1. The molecular formula is C29H27ClN2O3. The summed E-state index contributed by atoms with van der Waals surface area (Å²) < 4.78 is 11.3. The van der Waals surface area contributed by atoms with E-state index in [1.807, 2.05) is 48.5 Å². The van der Waals surface area contributed by atoms with E-state index in [-0.39, 0.29) is 17.9 Å². The van der Waals surface area contributed by atoms with Gasteiger partial charge in [0.25, 0.3) is 5.91 Å². The van der Waals surface area contributed by atoms with Crippen LogP contribution < -0.4 is 9.47 Å². The fraction of sp³-hybridized carbons (Fsp3) is 0.241. The SMILES string of the molecule is COc1ccccc1/C=C1\CCC[C@H]2C1=NN(C(=O)c1cccc(Cl)c1)[C@H]2c1ccccc1OC. The molecule has 1 amide bonds. The lowest BCUT2D eigenvalue weighted by molar-refractivity contribution is 0.0678. The van der Waals surface area contributed by atoms with E-state index in [1.165, 1.54) is 0 Å². The molecule has 0 radical (unpaired) electrons. The quantitative estimate of drug-likeness (QED) is 0.398. The highest BCUT2D eigenvalue weighted by atomic mass is 35.5. The van der Waals surface area contributed by atoms with Crippen molar-refractivity contribution in [1.29, 1.82) is 0 Å². The number of fused-ring (bicyclic) bond motifs is 1. The van der Waals surface area contributed by atoms with Gasteiger partial charge in [0.1, 0.15) is 11.5 Å². The van der Waals surface area contributed by atoms with Gasteiger partial charge in [0, 0.05) is 27.6 Å². The number of halogens is 1. The molecule has 1 fully saturated rings. The van der Waals surface area contributed by atoms with Gasteiger partial charge in [0.05, 0.1) is 26.0 Å². The Kier molecular flexibility index (Phi) is 6.60. The van der Waals surface area contributed by atoms with E-state index in [4.69, 9.17) is 26.2 Å². The molecule has 178 valence electrons. The summed E-state index contributed by atoms with van der Waals surface area (Å²) >= 11 is 6.21. The highest BCUT2D eigenvalue weighted by Crippen LogP contribution is 2.47. The van der Waals surface area contributed by atoms with Crippen LogP contribution in [0.2, 0.25) is 5.02 Å². The lowest BCUT2D eigenvalue weighted by atomic mass is 9.77. The predicted octanol–water partition coefficient (Wildman–Crippen LogP) is 6.79. The largest absolute Gasteiger partial charge is 0.496 e. The van der Waals surface area contributed by atoms with E-state index in [0.29, 0.717) is 10.6 Å². The van der Waals surface area contributed by atoms with Crippen molar-refractivity contribution in [2.45, 2.75) is 25.3 Å². The molecule has 0 bridgehead atoms. The zero-order chi connectivity index (χ0) is 24.4. The standard InChI is InChI=1S/C29H27ClN2O3/c1-34-25-15-5-3-9-19(25)17-20-10-8-14-24-27(20)31-32(29(33)21-11-7-12-22(30)18-21)28(24)23-13-4-6-16-26(23)35-2/h3-7,9,11-13,15-18,24,28H,8,10,14H2,1-2H3/b20-17+/t24-,28-/m0/s1.